The summed E-state index contributed by atoms with van der Waals surface area (Å²) < 4.78 is 70.4. The van der Waals surface area contributed by atoms with Gasteiger partial charge >= 0.3 is 0 Å². The van der Waals surface area contributed by atoms with Crippen LogP contribution in [0.2, 0.25) is 0 Å². The van der Waals surface area contributed by atoms with Crippen molar-refractivity contribution >= 4 is 11.8 Å². The number of halogens is 5. The molecule has 1 aromatic heterocycles. The maximum absolute atomic E-state index is 14.3. The van der Waals surface area contributed by atoms with Crippen LogP contribution in [0.3, 0.4) is 0 Å². The summed E-state index contributed by atoms with van der Waals surface area (Å²) in [6.07, 6.45) is 0.850. The van der Waals surface area contributed by atoms with Gasteiger partial charge in [0, 0.05) is 55.4 Å². The number of pyridine rings is 1. The molecule has 12 heteroatoms. The van der Waals surface area contributed by atoms with Gasteiger partial charge in [0.15, 0.2) is 11.4 Å². The summed E-state index contributed by atoms with van der Waals surface area (Å²) in [6, 6.07) is -0.335. The number of amides is 2. The fourth-order valence-corrected chi connectivity index (χ4v) is 6.11. The molecule has 6 rings (SSSR count). The number of alkyl halides is 2. The molecule has 2 N–H and O–H groups in total. The van der Waals surface area contributed by atoms with E-state index in [1.54, 1.807) is 0 Å². The first-order valence-electron chi connectivity index (χ1n) is 10.6. The van der Waals surface area contributed by atoms with Crippen molar-refractivity contribution in [1.29, 1.82) is 0 Å². The highest BCUT2D eigenvalue weighted by atomic mass is 19.3. The molecule has 3 fully saturated rings. The van der Waals surface area contributed by atoms with Gasteiger partial charge in [-0.1, -0.05) is 0 Å². The topological polar surface area (TPSA) is 91.6 Å². The Morgan fingerprint density at radius 1 is 1.15 bits per heavy atom. The number of nitrogens with zero attached hydrogens (tertiary/aromatic N) is 2. The van der Waals surface area contributed by atoms with Crippen LogP contribution in [0.25, 0.3) is 0 Å². The normalized spacial score (nSPS) is 29.5. The van der Waals surface area contributed by atoms with E-state index >= 15 is 0 Å². The van der Waals surface area contributed by atoms with Gasteiger partial charge in [0.25, 0.3) is 17.7 Å². The first-order valence-corrected chi connectivity index (χ1v) is 10.6. The van der Waals surface area contributed by atoms with E-state index in [2.05, 4.69) is 5.32 Å². The van der Waals surface area contributed by atoms with Crippen LogP contribution in [0, 0.1) is 28.8 Å². The summed E-state index contributed by atoms with van der Waals surface area (Å²) in [6.45, 7) is -0.704. The second-order valence-corrected chi connectivity index (χ2v) is 9.31. The summed E-state index contributed by atoms with van der Waals surface area (Å²) in [5, 5.41) is 12.6. The highest BCUT2D eigenvalue weighted by Gasteiger charge is 2.87. The number of carbonyl (C=O) groups is 2. The van der Waals surface area contributed by atoms with Crippen molar-refractivity contribution < 1.29 is 36.6 Å². The van der Waals surface area contributed by atoms with Crippen LogP contribution in [-0.2, 0) is 13.1 Å². The van der Waals surface area contributed by atoms with E-state index in [1.807, 2.05) is 0 Å². The Balaban J connectivity index is 1.30. The second-order valence-electron chi connectivity index (χ2n) is 9.31. The molecule has 3 heterocycles. The highest BCUT2D eigenvalue weighted by molar-refractivity contribution is 6.00. The lowest BCUT2D eigenvalue weighted by atomic mass is 9.64. The molecule has 2 aliphatic heterocycles. The van der Waals surface area contributed by atoms with E-state index in [4.69, 9.17) is 0 Å². The standard InChI is InChI=1S/C22H16F5N3O4/c23-8-1-12(24)9(13(25)2-8)5-28-19(33)10-6-29-7-14-11-3-22(26,27)21(11)4-15(21)30(14)20(34)16(29)18(32)17(10)31/h1-2,6,11,14-15,32H,3-5,7H2,(H,28,33). The molecule has 1 saturated heterocycles. The van der Waals surface area contributed by atoms with Gasteiger partial charge in [-0.3, -0.25) is 14.4 Å². The third-order valence-electron chi connectivity index (χ3n) is 7.80. The summed E-state index contributed by atoms with van der Waals surface area (Å²) in [5.41, 5.74) is -4.06. The van der Waals surface area contributed by atoms with Crippen LogP contribution in [0.5, 0.6) is 5.75 Å². The van der Waals surface area contributed by atoms with Crippen LogP contribution >= 0.6 is 0 Å². The van der Waals surface area contributed by atoms with Crippen LogP contribution in [0.4, 0.5) is 22.0 Å². The molecule has 178 valence electrons. The van der Waals surface area contributed by atoms with Crippen molar-refractivity contribution in [3.05, 3.63) is 62.8 Å². The molecule has 34 heavy (non-hydrogen) atoms. The zero-order chi connectivity index (χ0) is 24.3. The van der Waals surface area contributed by atoms with E-state index in [9.17, 15) is 41.4 Å². The number of carbonyl (C=O) groups excluding carboxylic acids is 2. The van der Waals surface area contributed by atoms with E-state index in [0.717, 1.165) is 6.20 Å². The van der Waals surface area contributed by atoms with Crippen molar-refractivity contribution in [2.24, 2.45) is 11.3 Å². The number of fused-ring (bicyclic) bond motifs is 4. The van der Waals surface area contributed by atoms with Gasteiger partial charge < -0.3 is 19.9 Å². The van der Waals surface area contributed by atoms with E-state index in [-0.39, 0.29) is 25.1 Å². The predicted octanol–water partition coefficient (Wildman–Crippen LogP) is 2.15. The lowest BCUT2D eigenvalue weighted by Gasteiger charge is -2.46. The maximum Gasteiger partial charge on any atom is 0.275 e. The third kappa shape index (κ3) is 2.43. The van der Waals surface area contributed by atoms with Crippen LogP contribution in [0.1, 0.15) is 39.3 Å². The Bertz CT molecular complexity index is 1350. The zero-order valence-electron chi connectivity index (χ0n) is 17.2. The molecule has 1 spiro atoms. The van der Waals surface area contributed by atoms with Crippen LogP contribution in [0.15, 0.2) is 23.1 Å². The highest BCUT2D eigenvalue weighted by Crippen LogP contribution is 2.79. The van der Waals surface area contributed by atoms with Gasteiger partial charge in [-0.05, 0) is 6.42 Å². The molecular formula is C22H16F5N3O4. The van der Waals surface area contributed by atoms with Crippen LogP contribution in [-0.4, -0.2) is 44.4 Å². The van der Waals surface area contributed by atoms with E-state index < -0.39 is 87.5 Å². The quantitative estimate of drug-likeness (QED) is 0.658. The van der Waals surface area contributed by atoms with E-state index in [1.165, 1.54) is 9.47 Å². The van der Waals surface area contributed by atoms with Gasteiger partial charge in [-0.15, -0.1) is 0 Å². The summed E-state index contributed by atoms with van der Waals surface area (Å²) >= 11 is 0. The lowest BCUT2D eigenvalue weighted by molar-refractivity contribution is -0.188. The molecule has 2 amide bonds. The minimum atomic E-state index is -2.88. The molecule has 4 atom stereocenters. The van der Waals surface area contributed by atoms with Gasteiger partial charge in [-0.25, -0.2) is 22.0 Å². The number of hydrogen-bond donors (Lipinski definition) is 2. The largest absolute Gasteiger partial charge is 0.503 e. The number of hydrogen-bond acceptors (Lipinski definition) is 4. The average Bonchev–Trinajstić information content (AvgIpc) is 3.47. The monoisotopic (exact) mass is 481 g/mol. The SMILES string of the molecule is O=C(NCc1c(F)cc(F)cc1F)c1cn2c(c(O)c1=O)C(=O)N1C(C2)C2CC(F)(F)C23CC13. The van der Waals surface area contributed by atoms with Crippen molar-refractivity contribution in [2.75, 3.05) is 0 Å². The third-order valence-corrected chi connectivity index (χ3v) is 7.80. The number of piperidine rings is 1. The number of aromatic nitrogens is 1. The lowest BCUT2D eigenvalue weighted by Crippen LogP contribution is -2.55. The number of rotatable bonds is 3. The number of nitrogens with one attached hydrogen (secondary N) is 1. The molecule has 2 aliphatic carbocycles. The Labute approximate surface area is 187 Å². The maximum atomic E-state index is 14.3. The van der Waals surface area contributed by atoms with Gasteiger partial charge in [0.05, 0.1) is 11.5 Å². The summed E-state index contributed by atoms with van der Waals surface area (Å²) in [5.74, 6) is -9.76. The Morgan fingerprint density at radius 3 is 2.47 bits per heavy atom. The molecule has 4 aliphatic rings. The van der Waals surface area contributed by atoms with Crippen molar-refractivity contribution in [1.82, 2.24) is 14.8 Å². The van der Waals surface area contributed by atoms with Crippen molar-refractivity contribution in [2.45, 2.75) is 43.9 Å². The zero-order valence-corrected chi connectivity index (χ0v) is 17.2. The summed E-state index contributed by atoms with van der Waals surface area (Å²) in [4.78, 5) is 39.6. The predicted molar refractivity (Wildman–Crippen MR) is 104 cm³/mol. The fourth-order valence-electron chi connectivity index (χ4n) is 6.11. The van der Waals surface area contributed by atoms with Gasteiger partial charge in [0.2, 0.25) is 5.43 Å². The second kappa shape index (κ2) is 6.36. The molecule has 1 aromatic carbocycles. The molecule has 0 bridgehead atoms. The fraction of sp³-hybridized carbons (Fsp3) is 0.409. The molecule has 7 nitrogen and oxygen atoms in total. The molecule has 2 saturated carbocycles. The number of aromatic hydroxyl groups is 1. The molecule has 2 aromatic rings. The number of benzene rings is 1. The Kier molecular flexibility index (Phi) is 3.95. The average molecular weight is 481 g/mol. The van der Waals surface area contributed by atoms with E-state index in [0.29, 0.717) is 12.1 Å². The minimum Gasteiger partial charge on any atom is -0.503 e. The summed E-state index contributed by atoms with van der Waals surface area (Å²) in [7, 11) is 0. The molecular weight excluding hydrogens is 465 g/mol. The van der Waals surface area contributed by atoms with Gasteiger partial charge in [0.1, 0.15) is 23.0 Å². The van der Waals surface area contributed by atoms with Crippen LogP contribution < -0.4 is 10.7 Å². The Hall–Kier alpha value is -3.44. The molecule has 0 radical (unpaired) electrons. The van der Waals surface area contributed by atoms with Crippen molar-refractivity contribution in [3.63, 3.8) is 0 Å². The van der Waals surface area contributed by atoms with Crippen molar-refractivity contribution in [3.8, 4) is 5.75 Å². The molecule has 4 unspecified atom stereocenters. The smallest absolute Gasteiger partial charge is 0.275 e. The Morgan fingerprint density at radius 2 is 1.82 bits per heavy atom. The first-order chi connectivity index (χ1) is 16.0. The first kappa shape index (κ1) is 21.1. The van der Waals surface area contributed by atoms with Gasteiger partial charge in [-0.2, -0.15) is 0 Å². The minimum absolute atomic E-state index is 0.00933.